The molecule has 0 saturated carbocycles. The van der Waals surface area contributed by atoms with Crippen molar-refractivity contribution in [1.29, 1.82) is 0 Å². The highest BCUT2D eigenvalue weighted by atomic mass is 16.1. The van der Waals surface area contributed by atoms with E-state index >= 15 is 0 Å². The van der Waals surface area contributed by atoms with Crippen LogP contribution < -0.4 is 0 Å². The third kappa shape index (κ3) is 3.17. The van der Waals surface area contributed by atoms with Gasteiger partial charge >= 0.3 is 0 Å². The average Bonchev–Trinajstić information content (AvgIpc) is 2.04. The van der Waals surface area contributed by atoms with Crippen LogP contribution in [-0.2, 0) is 4.79 Å². The summed E-state index contributed by atoms with van der Waals surface area (Å²) < 4.78 is 0. The molecule has 0 radical (unpaired) electrons. The smallest absolute Gasteiger partial charge is 0.181 e. The van der Waals surface area contributed by atoms with Crippen LogP contribution in [0.4, 0.5) is 0 Å². The van der Waals surface area contributed by atoms with Gasteiger partial charge in [-0.2, -0.15) is 0 Å². The molecule has 0 aromatic heterocycles. The van der Waals surface area contributed by atoms with E-state index < -0.39 is 0 Å². The summed E-state index contributed by atoms with van der Waals surface area (Å²) in [5, 5.41) is 0. The lowest BCUT2D eigenvalue weighted by molar-refractivity contribution is -0.111. The molecule has 0 bridgehead atoms. The van der Waals surface area contributed by atoms with Gasteiger partial charge in [-0.25, -0.2) is 0 Å². The van der Waals surface area contributed by atoms with E-state index in [2.05, 4.69) is 13.0 Å². The Kier molecular flexibility index (Phi) is 3.47. The number of carbonyl (C=O) groups excluding carboxylic acids is 1. The lowest BCUT2D eigenvalue weighted by Gasteiger charge is -2.16. The summed E-state index contributed by atoms with van der Waals surface area (Å²) in [5.41, 5.74) is 2.10. The predicted molar refractivity (Wildman–Crippen MR) is 55.5 cm³/mol. The van der Waals surface area contributed by atoms with Gasteiger partial charge in [0.1, 0.15) is 0 Å². The number of allylic oxidation sites excluding steroid dienone is 4. The molecule has 1 aliphatic carbocycles. The fraction of sp³-hybridized carbons (Fsp3) is 0.583. The summed E-state index contributed by atoms with van der Waals surface area (Å²) in [7, 11) is 0. The van der Waals surface area contributed by atoms with Crippen LogP contribution in [0.2, 0.25) is 0 Å². The Bertz CT molecular complexity index is 254. The van der Waals surface area contributed by atoms with Crippen molar-refractivity contribution in [2.75, 3.05) is 0 Å². The number of rotatable bonds is 2. The van der Waals surface area contributed by atoms with E-state index in [1.165, 1.54) is 0 Å². The summed E-state index contributed by atoms with van der Waals surface area (Å²) in [4.78, 5) is 11.6. The summed E-state index contributed by atoms with van der Waals surface area (Å²) in [5.74, 6) is 0.968. The van der Waals surface area contributed by atoms with E-state index in [9.17, 15) is 4.79 Å². The molecule has 0 aromatic rings. The summed E-state index contributed by atoms with van der Waals surface area (Å²) in [6.45, 7) is 6.16. The van der Waals surface area contributed by atoms with Crippen molar-refractivity contribution in [3.05, 3.63) is 23.3 Å². The lowest BCUT2D eigenvalue weighted by atomic mass is 9.89. The van der Waals surface area contributed by atoms with Crippen LogP contribution in [0.15, 0.2) is 23.3 Å². The largest absolute Gasteiger partial charge is 0.290 e. The molecule has 1 rings (SSSR count). The van der Waals surface area contributed by atoms with Gasteiger partial charge in [0.25, 0.3) is 0 Å². The number of hydrogen-bond donors (Lipinski definition) is 0. The van der Waals surface area contributed by atoms with E-state index in [1.54, 1.807) is 6.08 Å². The Labute approximate surface area is 80.5 Å². The Morgan fingerprint density at radius 1 is 1.54 bits per heavy atom. The van der Waals surface area contributed by atoms with Crippen molar-refractivity contribution in [3.63, 3.8) is 0 Å². The molecule has 0 saturated heterocycles. The van der Waals surface area contributed by atoms with Crippen molar-refractivity contribution in [2.45, 2.75) is 40.0 Å². The molecule has 1 aliphatic rings. The van der Waals surface area contributed by atoms with Crippen LogP contribution in [-0.4, -0.2) is 5.78 Å². The fourth-order valence-corrected chi connectivity index (χ4v) is 1.54. The summed E-state index contributed by atoms with van der Waals surface area (Å²) >= 11 is 0. The second kappa shape index (κ2) is 4.40. The first-order valence-electron chi connectivity index (χ1n) is 4.98. The van der Waals surface area contributed by atoms with Crippen LogP contribution in [0.3, 0.4) is 0 Å². The molecule has 13 heavy (non-hydrogen) atoms. The highest BCUT2D eigenvalue weighted by molar-refractivity contribution is 6.04. The fourth-order valence-electron chi connectivity index (χ4n) is 1.54. The van der Waals surface area contributed by atoms with Crippen LogP contribution in [0.25, 0.3) is 0 Å². The molecular weight excluding hydrogens is 160 g/mol. The zero-order valence-corrected chi connectivity index (χ0v) is 8.76. The van der Waals surface area contributed by atoms with Crippen molar-refractivity contribution in [3.8, 4) is 0 Å². The predicted octanol–water partition coefficient (Wildman–Crippen LogP) is 3.27. The monoisotopic (exact) mass is 178 g/mol. The van der Waals surface area contributed by atoms with Gasteiger partial charge in [-0.15, -0.1) is 0 Å². The molecule has 0 heterocycles. The molecular formula is C12H18O. The van der Waals surface area contributed by atoms with Crippen molar-refractivity contribution < 1.29 is 4.79 Å². The molecule has 1 heteroatoms. The van der Waals surface area contributed by atoms with Crippen LogP contribution in [0.5, 0.6) is 0 Å². The van der Waals surface area contributed by atoms with Crippen molar-refractivity contribution in [2.24, 2.45) is 5.92 Å². The molecule has 1 unspecified atom stereocenters. The van der Waals surface area contributed by atoms with Crippen LogP contribution >= 0.6 is 0 Å². The minimum atomic E-state index is 0.215. The van der Waals surface area contributed by atoms with Crippen molar-refractivity contribution >= 4 is 5.78 Å². The van der Waals surface area contributed by atoms with Gasteiger partial charge in [0, 0.05) is 0 Å². The first-order valence-corrected chi connectivity index (χ1v) is 4.98. The third-order valence-corrected chi connectivity index (χ3v) is 2.41. The molecule has 1 nitrogen and oxygen atoms in total. The van der Waals surface area contributed by atoms with Gasteiger partial charge in [-0.3, -0.25) is 4.79 Å². The molecule has 0 spiro atoms. The quantitative estimate of drug-likeness (QED) is 0.593. The standard InChI is InChI=1S/C12H18O/c1-9(2)8-12(13)11-6-4-10(3)5-7-11/h6,8,10H,4-5,7H2,1-3H3. The second-order valence-electron chi connectivity index (χ2n) is 4.19. The molecule has 1 atom stereocenters. The first-order chi connectivity index (χ1) is 6.09. The van der Waals surface area contributed by atoms with Gasteiger partial charge in [-0.1, -0.05) is 18.6 Å². The maximum Gasteiger partial charge on any atom is 0.181 e. The van der Waals surface area contributed by atoms with Gasteiger partial charge in [0.05, 0.1) is 0 Å². The zero-order valence-electron chi connectivity index (χ0n) is 8.76. The summed E-state index contributed by atoms with van der Waals surface area (Å²) in [6.07, 6.45) is 7.04. The Hall–Kier alpha value is -0.850. The van der Waals surface area contributed by atoms with Gasteiger partial charge in [0.2, 0.25) is 0 Å². The molecule has 0 aromatic carbocycles. The molecule has 0 aliphatic heterocycles. The normalized spacial score (nSPS) is 22.1. The highest BCUT2D eigenvalue weighted by Crippen LogP contribution is 2.23. The highest BCUT2D eigenvalue weighted by Gasteiger charge is 2.13. The van der Waals surface area contributed by atoms with E-state index in [1.807, 2.05) is 13.8 Å². The van der Waals surface area contributed by atoms with E-state index in [0.29, 0.717) is 0 Å². The Morgan fingerprint density at radius 3 is 2.69 bits per heavy atom. The SMILES string of the molecule is CC(C)=CC(=O)C1=CCC(C)CC1. The Balaban J connectivity index is 2.63. The topological polar surface area (TPSA) is 17.1 Å². The average molecular weight is 178 g/mol. The van der Waals surface area contributed by atoms with Gasteiger partial charge in [-0.05, 0) is 50.7 Å². The Morgan fingerprint density at radius 2 is 2.23 bits per heavy atom. The summed E-state index contributed by atoms with van der Waals surface area (Å²) in [6, 6.07) is 0. The van der Waals surface area contributed by atoms with Crippen LogP contribution in [0.1, 0.15) is 40.0 Å². The van der Waals surface area contributed by atoms with E-state index in [-0.39, 0.29) is 5.78 Å². The molecule has 0 amide bonds. The second-order valence-corrected chi connectivity index (χ2v) is 4.19. The lowest BCUT2D eigenvalue weighted by Crippen LogP contribution is -2.07. The molecule has 0 N–H and O–H groups in total. The minimum absolute atomic E-state index is 0.215. The first kappa shape index (κ1) is 10.2. The van der Waals surface area contributed by atoms with Gasteiger partial charge in [0.15, 0.2) is 5.78 Å². The number of carbonyl (C=O) groups is 1. The molecule has 72 valence electrons. The van der Waals surface area contributed by atoms with Crippen LogP contribution in [0, 0.1) is 5.92 Å². The van der Waals surface area contributed by atoms with E-state index in [0.717, 1.165) is 36.3 Å². The molecule has 0 fully saturated rings. The number of ketones is 1. The zero-order chi connectivity index (χ0) is 9.84. The minimum Gasteiger partial charge on any atom is -0.290 e. The maximum absolute atomic E-state index is 11.6. The third-order valence-electron chi connectivity index (χ3n) is 2.41. The van der Waals surface area contributed by atoms with E-state index in [4.69, 9.17) is 0 Å². The van der Waals surface area contributed by atoms with Gasteiger partial charge < -0.3 is 0 Å². The maximum atomic E-state index is 11.6. The van der Waals surface area contributed by atoms with Crippen molar-refractivity contribution in [1.82, 2.24) is 0 Å². The number of hydrogen-bond acceptors (Lipinski definition) is 1.